The Hall–Kier alpha value is -0.440. The highest BCUT2D eigenvalue weighted by Crippen LogP contribution is 2.31. The lowest BCUT2D eigenvalue weighted by atomic mass is 9.88. The Morgan fingerprint density at radius 3 is 2.41 bits per heavy atom. The summed E-state index contributed by atoms with van der Waals surface area (Å²) in [6.07, 6.45) is 0. The van der Waals surface area contributed by atoms with Gasteiger partial charge in [-0.3, -0.25) is 0 Å². The summed E-state index contributed by atoms with van der Waals surface area (Å²) in [5.74, 6) is 0.102. The molecule has 0 aliphatic heterocycles. The maximum atomic E-state index is 9.81. The van der Waals surface area contributed by atoms with Gasteiger partial charge in [0.1, 0.15) is 5.75 Å². The molecule has 1 aromatic carbocycles. The standard InChI is InChI=1S/C13H19Cl2NO/c1-8(13(2,3)4)16-7-9-5-10(14)6-11(15)12(9)17/h5-6,8,16-17H,7H2,1-4H3. The summed E-state index contributed by atoms with van der Waals surface area (Å²) in [5, 5.41) is 14.0. The largest absolute Gasteiger partial charge is 0.506 e. The summed E-state index contributed by atoms with van der Waals surface area (Å²) in [6.45, 7) is 9.15. The van der Waals surface area contributed by atoms with Crippen molar-refractivity contribution in [1.29, 1.82) is 0 Å². The van der Waals surface area contributed by atoms with E-state index in [0.29, 0.717) is 17.6 Å². The number of hydrogen-bond donors (Lipinski definition) is 2. The molecule has 1 aromatic rings. The molecule has 0 radical (unpaired) electrons. The van der Waals surface area contributed by atoms with E-state index in [1.54, 1.807) is 6.07 Å². The number of hydrogen-bond acceptors (Lipinski definition) is 2. The highest BCUT2D eigenvalue weighted by atomic mass is 35.5. The van der Waals surface area contributed by atoms with Gasteiger partial charge in [-0.05, 0) is 24.5 Å². The molecular formula is C13H19Cl2NO. The van der Waals surface area contributed by atoms with Crippen LogP contribution in [0.3, 0.4) is 0 Å². The molecule has 4 heteroatoms. The first-order chi connectivity index (χ1) is 7.71. The number of rotatable bonds is 3. The van der Waals surface area contributed by atoms with Crippen molar-refractivity contribution < 1.29 is 5.11 Å². The van der Waals surface area contributed by atoms with Crippen LogP contribution in [0.5, 0.6) is 5.75 Å². The number of benzene rings is 1. The van der Waals surface area contributed by atoms with Crippen molar-refractivity contribution in [3.63, 3.8) is 0 Å². The minimum absolute atomic E-state index is 0.102. The lowest BCUT2D eigenvalue weighted by molar-refractivity contribution is 0.284. The fraction of sp³-hybridized carbons (Fsp3) is 0.538. The van der Waals surface area contributed by atoms with E-state index in [1.165, 1.54) is 6.07 Å². The molecule has 0 saturated carbocycles. The van der Waals surface area contributed by atoms with Crippen LogP contribution in [-0.4, -0.2) is 11.1 Å². The van der Waals surface area contributed by atoms with E-state index in [1.807, 2.05) is 0 Å². The Balaban J connectivity index is 2.76. The van der Waals surface area contributed by atoms with Crippen LogP contribution in [0.25, 0.3) is 0 Å². The topological polar surface area (TPSA) is 32.3 Å². The van der Waals surface area contributed by atoms with E-state index in [2.05, 4.69) is 33.0 Å². The van der Waals surface area contributed by atoms with Crippen LogP contribution in [0.2, 0.25) is 10.0 Å². The molecule has 0 heterocycles. The van der Waals surface area contributed by atoms with Crippen LogP contribution in [0.15, 0.2) is 12.1 Å². The monoisotopic (exact) mass is 275 g/mol. The third kappa shape index (κ3) is 4.06. The van der Waals surface area contributed by atoms with Crippen LogP contribution in [0, 0.1) is 5.41 Å². The molecular weight excluding hydrogens is 257 g/mol. The Morgan fingerprint density at radius 2 is 1.88 bits per heavy atom. The summed E-state index contributed by atoms with van der Waals surface area (Å²) in [5.41, 5.74) is 0.886. The number of phenols is 1. The molecule has 0 amide bonds. The van der Waals surface area contributed by atoms with Crippen LogP contribution in [0.1, 0.15) is 33.3 Å². The van der Waals surface area contributed by atoms with Gasteiger partial charge in [0.2, 0.25) is 0 Å². The first kappa shape index (κ1) is 14.6. The second-order valence-corrected chi connectivity index (χ2v) is 6.21. The molecule has 17 heavy (non-hydrogen) atoms. The van der Waals surface area contributed by atoms with Crippen molar-refractivity contribution in [3.8, 4) is 5.75 Å². The molecule has 2 N–H and O–H groups in total. The molecule has 2 nitrogen and oxygen atoms in total. The van der Waals surface area contributed by atoms with E-state index in [0.717, 1.165) is 5.56 Å². The van der Waals surface area contributed by atoms with Gasteiger partial charge in [-0.15, -0.1) is 0 Å². The number of nitrogens with one attached hydrogen (secondary N) is 1. The zero-order chi connectivity index (χ0) is 13.2. The maximum Gasteiger partial charge on any atom is 0.138 e. The van der Waals surface area contributed by atoms with Gasteiger partial charge < -0.3 is 10.4 Å². The predicted molar refractivity (Wildman–Crippen MR) is 73.9 cm³/mol. The van der Waals surface area contributed by atoms with E-state index in [9.17, 15) is 5.11 Å². The van der Waals surface area contributed by atoms with Gasteiger partial charge >= 0.3 is 0 Å². The van der Waals surface area contributed by atoms with Gasteiger partial charge in [0.15, 0.2) is 0 Å². The van der Waals surface area contributed by atoms with Gasteiger partial charge in [-0.25, -0.2) is 0 Å². The van der Waals surface area contributed by atoms with Crippen LogP contribution in [0.4, 0.5) is 0 Å². The Bertz CT molecular complexity index is 399. The van der Waals surface area contributed by atoms with Gasteiger partial charge in [0.05, 0.1) is 5.02 Å². The Morgan fingerprint density at radius 1 is 1.29 bits per heavy atom. The number of aromatic hydroxyl groups is 1. The average molecular weight is 276 g/mol. The summed E-state index contributed by atoms with van der Waals surface area (Å²) in [6, 6.07) is 3.58. The molecule has 1 rings (SSSR count). The van der Waals surface area contributed by atoms with Crippen LogP contribution < -0.4 is 5.32 Å². The quantitative estimate of drug-likeness (QED) is 0.866. The van der Waals surface area contributed by atoms with Crippen molar-refractivity contribution in [2.24, 2.45) is 5.41 Å². The SMILES string of the molecule is CC(NCc1cc(Cl)cc(Cl)c1O)C(C)(C)C. The molecule has 0 aromatic heterocycles. The fourth-order valence-electron chi connectivity index (χ4n) is 1.32. The lowest BCUT2D eigenvalue weighted by Gasteiger charge is -2.28. The molecule has 0 aliphatic carbocycles. The van der Waals surface area contributed by atoms with E-state index in [4.69, 9.17) is 23.2 Å². The molecule has 0 saturated heterocycles. The summed E-state index contributed by atoms with van der Waals surface area (Å²) < 4.78 is 0. The zero-order valence-electron chi connectivity index (χ0n) is 10.6. The van der Waals surface area contributed by atoms with Gasteiger partial charge in [-0.2, -0.15) is 0 Å². The number of halogens is 2. The lowest BCUT2D eigenvalue weighted by Crippen LogP contribution is -2.37. The molecule has 0 aliphatic rings. The minimum Gasteiger partial charge on any atom is -0.506 e. The normalized spacial score (nSPS) is 13.8. The zero-order valence-corrected chi connectivity index (χ0v) is 12.2. The fourth-order valence-corrected chi connectivity index (χ4v) is 1.86. The van der Waals surface area contributed by atoms with Crippen molar-refractivity contribution >= 4 is 23.2 Å². The van der Waals surface area contributed by atoms with Crippen LogP contribution >= 0.6 is 23.2 Å². The number of phenolic OH excluding ortho intramolecular Hbond substituents is 1. The van der Waals surface area contributed by atoms with Crippen molar-refractivity contribution in [1.82, 2.24) is 5.32 Å². The summed E-state index contributed by atoms with van der Waals surface area (Å²) in [7, 11) is 0. The second-order valence-electron chi connectivity index (χ2n) is 5.36. The van der Waals surface area contributed by atoms with Crippen molar-refractivity contribution in [3.05, 3.63) is 27.7 Å². The second kappa shape index (κ2) is 5.47. The van der Waals surface area contributed by atoms with E-state index < -0.39 is 0 Å². The van der Waals surface area contributed by atoms with E-state index >= 15 is 0 Å². The summed E-state index contributed by atoms with van der Waals surface area (Å²) >= 11 is 11.8. The molecule has 96 valence electrons. The Kier molecular flexibility index (Phi) is 4.70. The molecule has 0 fully saturated rings. The third-order valence-electron chi connectivity index (χ3n) is 3.00. The smallest absolute Gasteiger partial charge is 0.138 e. The van der Waals surface area contributed by atoms with Crippen LogP contribution in [-0.2, 0) is 6.54 Å². The van der Waals surface area contributed by atoms with Crippen molar-refractivity contribution in [2.45, 2.75) is 40.3 Å². The molecule has 0 bridgehead atoms. The first-order valence-corrected chi connectivity index (χ1v) is 6.37. The molecule has 1 unspecified atom stereocenters. The van der Waals surface area contributed by atoms with Gasteiger partial charge in [-0.1, -0.05) is 44.0 Å². The van der Waals surface area contributed by atoms with Crippen molar-refractivity contribution in [2.75, 3.05) is 0 Å². The van der Waals surface area contributed by atoms with E-state index in [-0.39, 0.29) is 16.2 Å². The first-order valence-electron chi connectivity index (χ1n) is 5.62. The molecule has 1 atom stereocenters. The maximum absolute atomic E-state index is 9.81. The average Bonchev–Trinajstić information content (AvgIpc) is 2.19. The van der Waals surface area contributed by atoms with Gasteiger partial charge in [0.25, 0.3) is 0 Å². The highest BCUT2D eigenvalue weighted by Gasteiger charge is 2.19. The predicted octanol–water partition coefficient (Wildman–Crippen LogP) is 4.22. The Labute approximate surface area is 113 Å². The third-order valence-corrected chi connectivity index (χ3v) is 3.51. The molecule has 0 spiro atoms. The highest BCUT2D eigenvalue weighted by molar-refractivity contribution is 6.35. The van der Waals surface area contributed by atoms with Gasteiger partial charge in [0, 0.05) is 23.2 Å². The summed E-state index contributed by atoms with van der Waals surface area (Å²) in [4.78, 5) is 0. The minimum atomic E-state index is 0.102.